The summed E-state index contributed by atoms with van der Waals surface area (Å²) >= 11 is 0. The molecule has 0 aliphatic carbocycles. The van der Waals surface area contributed by atoms with Crippen LogP contribution in [0, 0.1) is 0 Å². The zero-order chi connectivity index (χ0) is 15.4. The van der Waals surface area contributed by atoms with Gasteiger partial charge in [0, 0.05) is 35.2 Å². The molecule has 2 N–H and O–H groups in total. The minimum atomic E-state index is -0.575. The second-order valence-corrected chi connectivity index (χ2v) is 5.13. The van der Waals surface area contributed by atoms with Crippen molar-refractivity contribution in [2.24, 2.45) is 0 Å². The maximum absolute atomic E-state index is 10.1. The maximum atomic E-state index is 10.1. The van der Waals surface area contributed by atoms with Crippen molar-refractivity contribution in [2.75, 3.05) is 5.32 Å². The van der Waals surface area contributed by atoms with Crippen LogP contribution in [0.1, 0.15) is 19.8 Å². The molecule has 112 valence electrons. The molecule has 0 fully saturated rings. The summed E-state index contributed by atoms with van der Waals surface area (Å²) in [6.45, 7) is 2.04. The molecule has 1 unspecified atom stereocenters. The van der Waals surface area contributed by atoms with E-state index in [9.17, 15) is 5.11 Å². The Kier molecular flexibility index (Phi) is 4.25. The van der Waals surface area contributed by atoms with Gasteiger partial charge in [-0.25, -0.2) is 4.98 Å². The number of rotatable bonds is 5. The minimum absolute atomic E-state index is 0.575. The number of anilines is 1. The monoisotopic (exact) mass is 294 g/mol. The summed E-state index contributed by atoms with van der Waals surface area (Å²) in [5, 5.41) is 14.2. The van der Waals surface area contributed by atoms with Crippen molar-refractivity contribution in [3.05, 3.63) is 49.1 Å². The highest BCUT2D eigenvalue weighted by molar-refractivity contribution is 5.93. The van der Waals surface area contributed by atoms with E-state index in [1.807, 2.05) is 31.2 Å². The third-order valence-corrected chi connectivity index (χ3v) is 3.47. The van der Waals surface area contributed by atoms with E-state index in [2.05, 4.69) is 20.3 Å². The SMILES string of the molecule is CCCC(O)Nc1cc(-c2ccncc2)nc2cnccc12. The molecule has 0 aromatic carbocycles. The number of aliphatic hydroxyl groups excluding tert-OH is 1. The van der Waals surface area contributed by atoms with Gasteiger partial charge in [-0.1, -0.05) is 13.3 Å². The fraction of sp³-hybridized carbons (Fsp3) is 0.235. The van der Waals surface area contributed by atoms with E-state index in [4.69, 9.17) is 0 Å². The quantitative estimate of drug-likeness (QED) is 0.707. The summed E-state index contributed by atoms with van der Waals surface area (Å²) in [6, 6.07) is 7.68. The Morgan fingerprint density at radius 2 is 1.91 bits per heavy atom. The molecule has 0 bridgehead atoms. The molecule has 3 heterocycles. The van der Waals surface area contributed by atoms with Crippen molar-refractivity contribution < 1.29 is 5.11 Å². The van der Waals surface area contributed by atoms with Crippen LogP contribution in [0.5, 0.6) is 0 Å². The Morgan fingerprint density at radius 1 is 1.14 bits per heavy atom. The molecule has 0 saturated heterocycles. The van der Waals surface area contributed by atoms with Crippen molar-refractivity contribution in [3.63, 3.8) is 0 Å². The Labute approximate surface area is 129 Å². The van der Waals surface area contributed by atoms with Gasteiger partial charge in [0.15, 0.2) is 0 Å². The van der Waals surface area contributed by atoms with E-state index in [0.717, 1.165) is 34.3 Å². The molecule has 0 saturated carbocycles. The zero-order valence-corrected chi connectivity index (χ0v) is 12.4. The average molecular weight is 294 g/mol. The summed E-state index contributed by atoms with van der Waals surface area (Å²) in [4.78, 5) is 12.8. The van der Waals surface area contributed by atoms with E-state index in [1.54, 1.807) is 24.8 Å². The van der Waals surface area contributed by atoms with Crippen molar-refractivity contribution in [1.29, 1.82) is 0 Å². The van der Waals surface area contributed by atoms with Gasteiger partial charge < -0.3 is 10.4 Å². The van der Waals surface area contributed by atoms with Crippen LogP contribution in [0.4, 0.5) is 5.69 Å². The number of nitrogens with zero attached hydrogens (tertiary/aromatic N) is 3. The first-order valence-electron chi connectivity index (χ1n) is 7.37. The van der Waals surface area contributed by atoms with Gasteiger partial charge in [-0.05, 0) is 30.7 Å². The predicted molar refractivity (Wildman–Crippen MR) is 87.3 cm³/mol. The zero-order valence-electron chi connectivity index (χ0n) is 12.4. The molecule has 3 aromatic heterocycles. The first-order chi connectivity index (χ1) is 10.8. The van der Waals surface area contributed by atoms with Gasteiger partial charge >= 0.3 is 0 Å². The van der Waals surface area contributed by atoms with E-state index in [-0.39, 0.29) is 0 Å². The largest absolute Gasteiger partial charge is 0.374 e. The number of aliphatic hydroxyl groups is 1. The first-order valence-corrected chi connectivity index (χ1v) is 7.37. The molecule has 3 aromatic rings. The van der Waals surface area contributed by atoms with Gasteiger partial charge in [0.25, 0.3) is 0 Å². The fourth-order valence-corrected chi connectivity index (χ4v) is 2.39. The lowest BCUT2D eigenvalue weighted by atomic mass is 10.1. The lowest BCUT2D eigenvalue weighted by Crippen LogP contribution is -2.18. The van der Waals surface area contributed by atoms with Crippen LogP contribution in [0.25, 0.3) is 22.2 Å². The minimum Gasteiger partial charge on any atom is -0.374 e. The van der Waals surface area contributed by atoms with E-state index in [1.165, 1.54) is 0 Å². The molecule has 0 amide bonds. The highest BCUT2D eigenvalue weighted by atomic mass is 16.3. The van der Waals surface area contributed by atoms with Gasteiger partial charge in [-0.3, -0.25) is 9.97 Å². The second-order valence-electron chi connectivity index (χ2n) is 5.13. The standard InChI is InChI=1S/C17H18N4O/c1-2-3-17(22)21-15-10-14(12-4-7-18-8-5-12)20-16-11-19-9-6-13(15)16/h4-11,17,22H,2-3H2,1H3,(H,20,21). The van der Waals surface area contributed by atoms with Crippen LogP contribution in [0.2, 0.25) is 0 Å². The maximum Gasteiger partial charge on any atom is 0.124 e. The molecule has 1 atom stereocenters. The highest BCUT2D eigenvalue weighted by Crippen LogP contribution is 2.28. The molecular weight excluding hydrogens is 276 g/mol. The number of nitrogens with one attached hydrogen (secondary N) is 1. The third-order valence-electron chi connectivity index (χ3n) is 3.47. The van der Waals surface area contributed by atoms with E-state index >= 15 is 0 Å². The van der Waals surface area contributed by atoms with Crippen LogP contribution in [0.15, 0.2) is 49.1 Å². The van der Waals surface area contributed by atoms with Gasteiger partial charge in [0.1, 0.15) is 6.23 Å². The summed E-state index contributed by atoms with van der Waals surface area (Å²) in [6.07, 6.45) is 7.97. The van der Waals surface area contributed by atoms with Crippen LogP contribution in [-0.4, -0.2) is 26.3 Å². The number of fused-ring (bicyclic) bond motifs is 1. The number of hydrogen-bond donors (Lipinski definition) is 2. The Bertz CT molecular complexity index is 761. The Morgan fingerprint density at radius 3 is 2.68 bits per heavy atom. The third kappa shape index (κ3) is 3.04. The first kappa shape index (κ1) is 14.4. The second kappa shape index (κ2) is 6.49. The Hall–Kier alpha value is -2.53. The van der Waals surface area contributed by atoms with Crippen molar-refractivity contribution in [2.45, 2.75) is 26.0 Å². The van der Waals surface area contributed by atoms with E-state index < -0.39 is 6.23 Å². The van der Waals surface area contributed by atoms with Crippen molar-refractivity contribution in [3.8, 4) is 11.3 Å². The Balaban J connectivity index is 2.08. The van der Waals surface area contributed by atoms with Crippen LogP contribution < -0.4 is 5.32 Å². The summed E-state index contributed by atoms with van der Waals surface area (Å²) < 4.78 is 0. The number of pyridine rings is 3. The lowest BCUT2D eigenvalue weighted by Gasteiger charge is -2.16. The van der Waals surface area contributed by atoms with Crippen molar-refractivity contribution in [1.82, 2.24) is 15.0 Å². The molecule has 0 spiro atoms. The molecule has 0 aliphatic rings. The van der Waals surface area contributed by atoms with Gasteiger partial charge in [-0.2, -0.15) is 0 Å². The van der Waals surface area contributed by atoms with Crippen LogP contribution >= 0.6 is 0 Å². The topological polar surface area (TPSA) is 70.9 Å². The molecule has 3 rings (SSSR count). The molecule has 5 heteroatoms. The number of hydrogen-bond acceptors (Lipinski definition) is 5. The fourth-order valence-electron chi connectivity index (χ4n) is 2.39. The van der Waals surface area contributed by atoms with Gasteiger partial charge in [0.2, 0.25) is 0 Å². The molecule has 5 nitrogen and oxygen atoms in total. The highest BCUT2D eigenvalue weighted by Gasteiger charge is 2.10. The van der Waals surface area contributed by atoms with Crippen LogP contribution in [0.3, 0.4) is 0 Å². The van der Waals surface area contributed by atoms with E-state index in [0.29, 0.717) is 6.42 Å². The van der Waals surface area contributed by atoms with Gasteiger partial charge in [-0.15, -0.1) is 0 Å². The lowest BCUT2D eigenvalue weighted by molar-refractivity contribution is 0.192. The summed E-state index contributed by atoms with van der Waals surface area (Å²) in [5.41, 5.74) is 3.46. The summed E-state index contributed by atoms with van der Waals surface area (Å²) in [5.74, 6) is 0. The predicted octanol–water partition coefficient (Wildman–Crippen LogP) is 3.22. The average Bonchev–Trinajstić information content (AvgIpc) is 2.56. The smallest absolute Gasteiger partial charge is 0.124 e. The molecular formula is C17H18N4O. The molecule has 22 heavy (non-hydrogen) atoms. The summed E-state index contributed by atoms with van der Waals surface area (Å²) in [7, 11) is 0. The number of aromatic nitrogens is 3. The molecule has 0 radical (unpaired) electrons. The van der Waals surface area contributed by atoms with Crippen molar-refractivity contribution >= 4 is 16.6 Å². The molecule has 0 aliphatic heterocycles. The van der Waals surface area contributed by atoms with Crippen LogP contribution in [-0.2, 0) is 0 Å². The van der Waals surface area contributed by atoms with Gasteiger partial charge in [0.05, 0.1) is 17.4 Å². The normalized spacial score (nSPS) is 12.3.